The molecule has 2 aromatic carbocycles. The molecule has 2 aromatic rings. The normalized spacial score (nSPS) is 14.9. The van der Waals surface area contributed by atoms with Crippen LogP contribution in [-0.2, 0) is 10.0 Å². The maximum atomic E-state index is 12.9. The molecular formula is C21H25N3O4S. The van der Waals surface area contributed by atoms with Crippen LogP contribution in [0.3, 0.4) is 0 Å². The molecule has 0 bridgehead atoms. The Morgan fingerprint density at radius 1 is 0.966 bits per heavy atom. The smallest absolute Gasteiger partial charge is 0.255 e. The highest BCUT2D eigenvalue weighted by Gasteiger charge is 2.26. The Kier molecular flexibility index (Phi) is 6.66. The highest BCUT2D eigenvalue weighted by Crippen LogP contribution is 2.22. The number of amides is 2. The van der Waals surface area contributed by atoms with Crippen LogP contribution in [0.2, 0.25) is 0 Å². The lowest BCUT2D eigenvalue weighted by Crippen LogP contribution is -2.35. The first-order valence-corrected chi connectivity index (χ1v) is 11.2. The van der Waals surface area contributed by atoms with Crippen molar-refractivity contribution >= 4 is 27.5 Å². The maximum Gasteiger partial charge on any atom is 0.255 e. The molecule has 2 amide bonds. The van der Waals surface area contributed by atoms with Crippen molar-refractivity contribution in [2.24, 2.45) is 0 Å². The number of nitrogens with one attached hydrogen (secondary N) is 2. The van der Waals surface area contributed by atoms with Crippen molar-refractivity contribution < 1.29 is 18.0 Å². The van der Waals surface area contributed by atoms with Gasteiger partial charge in [0.05, 0.1) is 16.1 Å². The molecule has 154 valence electrons. The number of rotatable bonds is 6. The SMILES string of the molecule is CCNC(=O)c1ccccc1NC(=O)c1cccc(S(=O)(=O)N2CCCCC2)c1. The molecule has 0 aromatic heterocycles. The number of hydrogen-bond donors (Lipinski definition) is 2. The topological polar surface area (TPSA) is 95.6 Å². The second-order valence-corrected chi connectivity index (χ2v) is 8.79. The number of nitrogens with zero attached hydrogens (tertiary/aromatic N) is 1. The minimum atomic E-state index is -3.63. The number of benzene rings is 2. The van der Waals surface area contributed by atoms with E-state index in [9.17, 15) is 18.0 Å². The van der Waals surface area contributed by atoms with Crippen LogP contribution >= 0.6 is 0 Å². The zero-order valence-corrected chi connectivity index (χ0v) is 17.2. The summed E-state index contributed by atoms with van der Waals surface area (Å²) in [5.74, 6) is -0.762. The lowest BCUT2D eigenvalue weighted by molar-refractivity contribution is 0.0956. The van der Waals surface area contributed by atoms with Gasteiger partial charge in [-0.1, -0.05) is 24.6 Å². The molecule has 0 aliphatic carbocycles. The molecule has 1 aliphatic rings. The Hall–Kier alpha value is -2.71. The molecule has 0 unspecified atom stereocenters. The zero-order valence-electron chi connectivity index (χ0n) is 16.3. The standard InChI is InChI=1S/C21H25N3O4S/c1-2-22-21(26)18-11-4-5-12-19(18)23-20(25)16-9-8-10-17(15-16)29(27,28)24-13-6-3-7-14-24/h4-5,8-12,15H,2-3,6-7,13-14H2,1H3,(H,22,26)(H,23,25). The number of anilines is 1. The summed E-state index contributed by atoms with van der Waals surface area (Å²) in [5, 5.41) is 5.42. The highest BCUT2D eigenvalue weighted by molar-refractivity contribution is 7.89. The van der Waals surface area contributed by atoms with Gasteiger partial charge in [-0.25, -0.2) is 8.42 Å². The summed E-state index contributed by atoms with van der Waals surface area (Å²) in [4.78, 5) is 25.0. The summed E-state index contributed by atoms with van der Waals surface area (Å²) in [5.41, 5.74) is 0.932. The minimum Gasteiger partial charge on any atom is -0.352 e. The van der Waals surface area contributed by atoms with Gasteiger partial charge in [0.15, 0.2) is 0 Å². The second-order valence-electron chi connectivity index (χ2n) is 6.85. The molecule has 1 heterocycles. The van der Waals surface area contributed by atoms with Gasteiger partial charge in [0.2, 0.25) is 10.0 Å². The van der Waals surface area contributed by atoms with Gasteiger partial charge < -0.3 is 10.6 Å². The first-order chi connectivity index (χ1) is 13.9. The van der Waals surface area contributed by atoms with Crippen molar-refractivity contribution in [3.05, 3.63) is 59.7 Å². The largest absolute Gasteiger partial charge is 0.352 e. The fraction of sp³-hybridized carbons (Fsp3) is 0.333. The summed E-state index contributed by atoms with van der Waals surface area (Å²) in [6.45, 7) is 3.28. The second kappa shape index (κ2) is 9.19. The third kappa shape index (κ3) is 4.83. The van der Waals surface area contributed by atoms with E-state index in [1.807, 2.05) is 6.92 Å². The number of para-hydroxylation sites is 1. The molecule has 8 heteroatoms. The molecular weight excluding hydrogens is 390 g/mol. The van der Waals surface area contributed by atoms with Gasteiger partial charge in [-0.3, -0.25) is 9.59 Å². The van der Waals surface area contributed by atoms with Gasteiger partial charge in [0.1, 0.15) is 0 Å². The Bertz CT molecular complexity index is 998. The molecule has 0 radical (unpaired) electrons. The average Bonchev–Trinajstić information content (AvgIpc) is 2.75. The van der Waals surface area contributed by atoms with E-state index in [1.165, 1.54) is 16.4 Å². The predicted octanol–water partition coefficient (Wildman–Crippen LogP) is 2.86. The molecule has 1 saturated heterocycles. The van der Waals surface area contributed by atoms with E-state index in [-0.39, 0.29) is 16.4 Å². The van der Waals surface area contributed by atoms with Crippen LogP contribution in [0.5, 0.6) is 0 Å². The highest BCUT2D eigenvalue weighted by atomic mass is 32.2. The van der Waals surface area contributed by atoms with Crippen LogP contribution in [0, 0.1) is 0 Å². The Morgan fingerprint density at radius 2 is 1.69 bits per heavy atom. The summed E-state index contributed by atoms with van der Waals surface area (Å²) in [7, 11) is -3.63. The monoisotopic (exact) mass is 415 g/mol. The summed E-state index contributed by atoms with van der Waals surface area (Å²) in [6, 6.07) is 12.7. The molecule has 0 spiro atoms. The van der Waals surface area contributed by atoms with Crippen LogP contribution in [0.4, 0.5) is 5.69 Å². The number of carbonyl (C=O) groups is 2. The first-order valence-electron chi connectivity index (χ1n) is 9.72. The van der Waals surface area contributed by atoms with E-state index in [2.05, 4.69) is 10.6 Å². The van der Waals surface area contributed by atoms with Crippen LogP contribution in [0.1, 0.15) is 46.9 Å². The van der Waals surface area contributed by atoms with E-state index in [0.717, 1.165) is 19.3 Å². The van der Waals surface area contributed by atoms with Crippen molar-refractivity contribution in [2.45, 2.75) is 31.1 Å². The Labute approximate surface area is 171 Å². The lowest BCUT2D eigenvalue weighted by Gasteiger charge is -2.26. The van der Waals surface area contributed by atoms with Crippen LogP contribution in [0.25, 0.3) is 0 Å². The van der Waals surface area contributed by atoms with Gasteiger partial charge in [0.25, 0.3) is 11.8 Å². The van der Waals surface area contributed by atoms with Gasteiger partial charge in [0, 0.05) is 25.2 Å². The van der Waals surface area contributed by atoms with Crippen molar-refractivity contribution in [3.8, 4) is 0 Å². The van der Waals surface area contributed by atoms with Gasteiger partial charge in [-0.15, -0.1) is 0 Å². The lowest BCUT2D eigenvalue weighted by atomic mass is 10.1. The van der Waals surface area contributed by atoms with Crippen molar-refractivity contribution in [3.63, 3.8) is 0 Å². The molecule has 0 saturated carbocycles. The average molecular weight is 416 g/mol. The molecule has 7 nitrogen and oxygen atoms in total. The fourth-order valence-electron chi connectivity index (χ4n) is 3.29. The number of sulfonamides is 1. The van der Waals surface area contributed by atoms with Gasteiger partial charge >= 0.3 is 0 Å². The number of piperidine rings is 1. The van der Waals surface area contributed by atoms with Crippen LogP contribution in [0.15, 0.2) is 53.4 Å². The van der Waals surface area contributed by atoms with Crippen LogP contribution < -0.4 is 10.6 Å². The van der Waals surface area contributed by atoms with Gasteiger partial charge in [-0.2, -0.15) is 4.31 Å². The molecule has 0 atom stereocenters. The molecule has 3 rings (SSSR count). The van der Waals surface area contributed by atoms with E-state index < -0.39 is 15.9 Å². The minimum absolute atomic E-state index is 0.101. The number of carbonyl (C=O) groups excluding carboxylic acids is 2. The first kappa shape index (κ1) is 21.0. The van der Waals surface area contributed by atoms with E-state index in [1.54, 1.807) is 36.4 Å². The Balaban J connectivity index is 1.83. The maximum absolute atomic E-state index is 12.9. The summed E-state index contributed by atoms with van der Waals surface area (Å²) in [6.07, 6.45) is 2.71. The summed E-state index contributed by atoms with van der Waals surface area (Å²) >= 11 is 0. The molecule has 2 N–H and O–H groups in total. The van der Waals surface area contributed by atoms with E-state index in [4.69, 9.17) is 0 Å². The summed E-state index contributed by atoms with van der Waals surface area (Å²) < 4.78 is 27.2. The third-order valence-electron chi connectivity index (χ3n) is 4.81. The Morgan fingerprint density at radius 3 is 2.41 bits per heavy atom. The zero-order chi connectivity index (χ0) is 20.9. The fourth-order valence-corrected chi connectivity index (χ4v) is 4.86. The quantitative estimate of drug-likeness (QED) is 0.758. The van der Waals surface area contributed by atoms with E-state index in [0.29, 0.717) is 30.9 Å². The third-order valence-corrected chi connectivity index (χ3v) is 6.70. The van der Waals surface area contributed by atoms with Crippen LogP contribution in [-0.4, -0.2) is 44.2 Å². The van der Waals surface area contributed by atoms with Crippen molar-refractivity contribution in [2.75, 3.05) is 25.0 Å². The molecule has 29 heavy (non-hydrogen) atoms. The molecule has 1 aliphatic heterocycles. The van der Waals surface area contributed by atoms with Gasteiger partial charge in [-0.05, 0) is 50.1 Å². The van der Waals surface area contributed by atoms with Crippen molar-refractivity contribution in [1.29, 1.82) is 0 Å². The number of hydrogen-bond acceptors (Lipinski definition) is 4. The predicted molar refractivity (Wildman–Crippen MR) is 111 cm³/mol. The van der Waals surface area contributed by atoms with Crippen molar-refractivity contribution in [1.82, 2.24) is 9.62 Å². The van der Waals surface area contributed by atoms with E-state index >= 15 is 0 Å². The molecule has 1 fully saturated rings.